The highest BCUT2D eigenvalue weighted by molar-refractivity contribution is 7.16. The molecule has 0 saturated heterocycles. The Morgan fingerprint density at radius 3 is 2.83 bits per heavy atom. The number of rotatable bonds is 4. The maximum Gasteiger partial charge on any atom is 0.345 e. The van der Waals surface area contributed by atoms with Gasteiger partial charge in [-0.15, -0.1) is 22.7 Å². The summed E-state index contributed by atoms with van der Waals surface area (Å²) < 4.78 is 5.42. The van der Waals surface area contributed by atoms with E-state index in [0.717, 1.165) is 21.6 Å². The Labute approximate surface area is 147 Å². The van der Waals surface area contributed by atoms with E-state index in [1.54, 1.807) is 22.7 Å². The Morgan fingerprint density at radius 2 is 1.96 bits per heavy atom. The molecular weight excluding hydrogens is 336 g/mol. The van der Waals surface area contributed by atoms with Crippen molar-refractivity contribution >= 4 is 39.7 Å². The van der Waals surface area contributed by atoms with E-state index >= 15 is 0 Å². The zero-order valence-electron chi connectivity index (χ0n) is 12.8. The van der Waals surface area contributed by atoms with Crippen molar-refractivity contribution in [3.8, 4) is 10.4 Å². The van der Waals surface area contributed by atoms with Crippen LogP contribution in [-0.2, 0) is 6.42 Å². The van der Waals surface area contributed by atoms with Crippen LogP contribution < -0.4 is 5.63 Å². The molecular formula is C20H14O2S2. The van der Waals surface area contributed by atoms with E-state index in [-0.39, 0.29) is 5.63 Å². The van der Waals surface area contributed by atoms with Crippen LogP contribution in [0.5, 0.6) is 0 Å². The normalized spacial score (nSPS) is 11.5. The van der Waals surface area contributed by atoms with Crippen LogP contribution in [0.3, 0.4) is 0 Å². The van der Waals surface area contributed by atoms with Gasteiger partial charge in [-0.05, 0) is 41.8 Å². The second kappa shape index (κ2) is 6.59. The molecule has 0 N–H and O–H groups in total. The zero-order valence-corrected chi connectivity index (χ0v) is 14.4. The first-order chi connectivity index (χ1) is 11.8. The van der Waals surface area contributed by atoms with Gasteiger partial charge in [0.25, 0.3) is 0 Å². The molecule has 0 bridgehead atoms. The van der Waals surface area contributed by atoms with Gasteiger partial charge in [0, 0.05) is 26.4 Å². The number of hydrogen-bond donors (Lipinski definition) is 0. The van der Waals surface area contributed by atoms with Crippen LogP contribution in [0.4, 0.5) is 0 Å². The maximum absolute atomic E-state index is 12.2. The quantitative estimate of drug-likeness (QED) is 0.433. The number of hydrogen-bond acceptors (Lipinski definition) is 4. The zero-order chi connectivity index (χ0) is 16.4. The number of fused-ring (bicyclic) bond motifs is 1. The average Bonchev–Trinajstić information content (AvgIpc) is 3.26. The lowest BCUT2D eigenvalue weighted by Crippen LogP contribution is -2.01. The first-order valence-corrected chi connectivity index (χ1v) is 9.31. The molecule has 0 atom stereocenters. The molecule has 0 amide bonds. The molecule has 1 aromatic carbocycles. The summed E-state index contributed by atoms with van der Waals surface area (Å²) in [5, 5.41) is 3.03. The minimum atomic E-state index is -0.287. The molecule has 24 heavy (non-hydrogen) atoms. The predicted molar refractivity (Wildman–Crippen MR) is 103 cm³/mol. The summed E-state index contributed by atoms with van der Waals surface area (Å²) >= 11 is 3.36. The highest BCUT2D eigenvalue weighted by atomic mass is 32.1. The van der Waals surface area contributed by atoms with Crippen LogP contribution in [0, 0.1) is 0 Å². The molecule has 4 aromatic rings. The van der Waals surface area contributed by atoms with E-state index in [1.165, 1.54) is 4.88 Å². The summed E-state index contributed by atoms with van der Waals surface area (Å²) in [4.78, 5) is 15.7. The van der Waals surface area contributed by atoms with Gasteiger partial charge in [-0.25, -0.2) is 4.79 Å². The summed E-state index contributed by atoms with van der Waals surface area (Å²) in [7, 11) is 0. The van der Waals surface area contributed by atoms with Gasteiger partial charge in [-0.2, -0.15) is 0 Å². The van der Waals surface area contributed by atoms with Gasteiger partial charge in [0.2, 0.25) is 0 Å². The van der Waals surface area contributed by atoms with Crippen LogP contribution in [0.15, 0.2) is 75.3 Å². The highest BCUT2D eigenvalue weighted by Crippen LogP contribution is 2.28. The van der Waals surface area contributed by atoms with E-state index in [1.807, 2.05) is 42.5 Å². The van der Waals surface area contributed by atoms with E-state index in [4.69, 9.17) is 4.42 Å². The summed E-state index contributed by atoms with van der Waals surface area (Å²) in [6.45, 7) is 0. The molecule has 3 aromatic heterocycles. The Hall–Kier alpha value is -2.43. The lowest BCUT2D eigenvalue weighted by Gasteiger charge is -1.99. The molecule has 4 rings (SSSR count). The smallest absolute Gasteiger partial charge is 0.345 e. The van der Waals surface area contributed by atoms with Crippen molar-refractivity contribution in [2.45, 2.75) is 6.42 Å². The first kappa shape index (κ1) is 15.1. The third kappa shape index (κ3) is 3.11. The molecule has 3 heterocycles. The Morgan fingerprint density at radius 1 is 1.04 bits per heavy atom. The van der Waals surface area contributed by atoms with Crippen molar-refractivity contribution in [2.75, 3.05) is 0 Å². The number of allylic oxidation sites excluding steroid dienone is 1. The summed E-state index contributed by atoms with van der Waals surface area (Å²) in [5.41, 5.74) is 0.958. The molecule has 4 heteroatoms. The van der Waals surface area contributed by atoms with Gasteiger partial charge in [0.15, 0.2) is 0 Å². The van der Waals surface area contributed by atoms with Crippen LogP contribution in [0.2, 0.25) is 0 Å². The van der Waals surface area contributed by atoms with Gasteiger partial charge < -0.3 is 4.42 Å². The molecule has 0 fully saturated rings. The molecule has 0 unspecified atom stereocenters. The SMILES string of the molecule is O=c1oc2ccccc2cc1-c1ccc(/C=C/Cc2cccs2)s1. The van der Waals surface area contributed by atoms with Crippen molar-refractivity contribution in [2.24, 2.45) is 0 Å². The standard InChI is InChI=1S/C20H14O2S2/c21-20-17(13-14-5-1-2-9-18(14)22-20)19-11-10-16(24-19)7-3-6-15-8-4-12-23-15/h1-5,7-13H,6H2/b7-3+. The Balaban J connectivity index is 1.61. The van der Waals surface area contributed by atoms with E-state index in [0.29, 0.717) is 11.1 Å². The number of benzene rings is 1. The van der Waals surface area contributed by atoms with Crippen LogP contribution in [0.25, 0.3) is 27.5 Å². The van der Waals surface area contributed by atoms with Gasteiger partial charge >= 0.3 is 5.63 Å². The third-order valence-electron chi connectivity index (χ3n) is 3.71. The number of para-hydroxylation sites is 1. The van der Waals surface area contributed by atoms with Crippen LogP contribution in [-0.4, -0.2) is 0 Å². The van der Waals surface area contributed by atoms with E-state index in [9.17, 15) is 4.79 Å². The molecule has 0 aliphatic rings. The van der Waals surface area contributed by atoms with Crippen molar-refractivity contribution < 1.29 is 4.42 Å². The van der Waals surface area contributed by atoms with Crippen molar-refractivity contribution in [3.63, 3.8) is 0 Å². The van der Waals surface area contributed by atoms with Crippen molar-refractivity contribution in [1.82, 2.24) is 0 Å². The Bertz CT molecular complexity index is 1050. The van der Waals surface area contributed by atoms with Crippen molar-refractivity contribution in [3.05, 3.63) is 86.2 Å². The predicted octanol–water partition coefficient (Wildman–Crippen LogP) is 5.84. The molecule has 118 valence electrons. The highest BCUT2D eigenvalue weighted by Gasteiger charge is 2.09. The monoisotopic (exact) mass is 350 g/mol. The average molecular weight is 350 g/mol. The minimum absolute atomic E-state index is 0.287. The summed E-state index contributed by atoms with van der Waals surface area (Å²) in [6, 6.07) is 17.7. The van der Waals surface area contributed by atoms with Gasteiger partial charge in [0.05, 0.1) is 5.56 Å². The summed E-state index contributed by atoms with van der Waals surface area (Å²) in [5.74, 6) is 0. The van der Waals surface area contributed by atoms with Crippen molar-refractivity contribution in [1.29, 1.82) is 0 Å². The van der Waals surface area contributed by atoms with Crippen LogP contribution in [0.1, 0.15) is 9.75 Å². The molecule has 0 aliphatic carbocycles. The number of thiophene rings is 2. The molecule has 2 nitrogen and oxygen atoms in total. The van der Waals surface area contributed by atoms with Gasteiger partial charge in [-0.3, -0.25) is 0 Å². The second-order valence-electron chi connectivity index (χ2n) is 5.37. The fourth-order valence-corrected chi connectivity index (χ4v) is 4.16. The largest absolute Gasteiger partial charge is 0.422 e. The minimum Gasteiger partial charge on any atom is -0.422 e. The molecule has 0 spiro atoms. The lowest BCUT2D eigenvalue weighted by atomic mass is 10.1. The first-order valence-electron chi connectivity index (χ1n) is 7.61. The molecule has 0 saturated carbocycles. The van der Waals surface area contributed by atoms with Gasteiger partial charge in [-0.1, -0.05) is 30.3 Å². The van der Waals surface area contributed by atoms with E-state index < -0.39 is 0 Å². The summed E-state index contributed by atoms with van der Waals surface area (Å²) in [6.07, 6.45) is 5.20. The topological polar surface area (TPSA) is 30.2 Å². The molecule has 0 radical (unpaired) electrons. The van der Waals surface area contributed by atoms with Crippen LogP contribution >= 0.6 is 22.7 Å². The third-order valence-corrected chi connectivity index (χ3v) is 5.70. The Kier molecular flexibility index (Phi) is 4.15. The second-order valence-corrected chi connectivity index (χ2v) is 7.52. The fraction of sp³-hybridized carbons (Fsp3) is 0.0500. The van der Waals surface area contributed by atoms with Gasteiger partial charge in [0.1, 0.15) is 5.58 Å². The lowest BCUT2D eigenvalue weighted by molar-refractivity contribution is 0.564. The maximum atomic E-state index is 12.2. The fourth-order valence-electron chi connectivity index (χ4n) is 2.54. The van der Waals surface area contributed by atoms with E-state index in [2.05, 4.69) is 29.7 Å². The molecule has 0 aliphatic heterocycles.